The summed E-state index contributed by atoms with van der Waals surface area (Å²) in [6.07, 6.45) is -0.612. The lowest BCUT2D eigenvalue weighted by Crippen LogP contribution is -2.35. The molecule has 0 amide bonds. The lowest BCUT2D eigenvalue weighted by atomic mass is 10.2. The number of ether oxygens (including phenoxy) is 1. The van der Waals surface area contributed by atoms with Gasteiger partial charge in [-0.3, -0.25) is 0 Å². The van der Waals surface area contributed by atoms with Crippen LogP contribution >= 0.6 is 34.8 Å². The summed E-state index contributed by atoms with van der Waals surface area (Å²) in [7, 11) is 0. The van der Waals surface area contributed by atoms with Gasteiger partial charge in [0.15, 0.2) is 5.06 Å². The zero-order valence-corrected chi connectivity index (χ0v) is 8.35. The van der Waals surface area contributed by atoms with Gasteiger partial charge in [0.05, 0.1) is 24.0 Å². The van der Waals surface area contributed by atoms with Crippen LogP contribution in [0.25, 0.3) is 0 Å². The lowest BCUT2D eigenvalue weighted by Gasteiger charge is -2.21. The Hall–Kier alpha value is 0.750. The van der Waals surface area contributed by atoms with Crippen molar-refractivity contribution in [1.29, 1.82) is 0 Å². The molecular weight excluding hydrogens is 226 g/mol. The molecule has 0 aliphatic carbocycles. The van der Waals surface area contributed by atoms with E-state index in [9.17, 15) is 0 Å². The highest BCUT2D eigenvalue weighted by atomic mass is 35.5. The van der Waals surface area contributed by atoms with Crippen molar-refractivity contribution < 1.29 is 14.9 Å². The molecule has 6 heteroatoms. The summed E-state index contributed by atoms with van der Waals surface area (Å²) in [5, 5.41) is 15.0. The summed E-state index contributed by atoms with van der Waals surface area (Å²) in [6.45, 7) is -0.686. The number of hydrogen-bond acceptors (Lipinski definition) is 3. The van der Waals surface area contributed by atoms with Gasteiger partial charge in [0.1, 0.15) is 6.10 Å². The van der Waals surface area contributed by atoms with E-state index in [1.807, 2.05) is 0 Å². The molecule has 0 bridgehead atoms. The molecule has 1 aliphatic heterocycles. The Labute approximate surface area is 85.2 Å². The maximum absolute atomic E-state index is 8.85. The van der Waals surface area contributed by atoms with Crippen LogP contribution in [0.2, 0.25) is 0 Å². The molecule has 4 atom stereocenters. The van der Waals surface area contributed by atoms with E-state index in [0.717, 1.165) is 0 Å². The first-order chi connectivity index (χ1) is 5.55. The molecule has 0 aromatic carbocycles. The molecule has 72 valence electrons. The number of alkyl halides is 3. The van der Waals surface area contributed by atoms with Gasteiger partial charge in [-0.1, -0.05) is 11.6 Å². The fourth-order valence-corrected chi connectivity index (χ4v) is 2.00. The van der Waals surface area contributed by atoms with Gasteiger partial charge in [0, 0.05) is 0 Å². The van der Waals surface area contributed by atoms with Crippen molar-refractivity contribution in [3.63, 3.8) is 0 Å². The topological polar surface area (TPSA) is 49.7 Å². The van der Waals surface area contributed by atoms with Crippen LogP contribution in [-0.2, 0) is 4.74 Å². The first kappa shape index (κ1) is 10.8. The zero-order valence-electron chi connectivity index (χ0n) is 6.08. The van der Waals surface area contributed by atoms with Gasteiger partial charge < -0.3 is 14.9 Å². The molecule has 0 spiro atoms. The van der Waals surface area contributed by atoms with Crippen molar-refractivity contribution in [3.8, 4) is 0 Å². The molecule has 0 radical (unpaired) electrons. The van der Waals surface area contributed by atoms with E-state index in [1.54, 1.807) is 0 Å². The van der Waals surface area contributed by atoms with Crippen molar-refractivity contribution in [3.05, 3.63) is 0 Å². The van der Waals surface area contributed by atoms with E-state index in [1.165, 1.54) is 0 Å². The first-order valence-electron chi connectivity index (χ1n) is 3.41. The summed E-state index contributed by atoms with van der Waals surface area (Å²) in [6, 6.07) is 0. The minimum Gasteiger partial charge on any atom is -0.394 e. The molecule has 1 heterocycles. The fraction of sp³-hybridized carbons (Fsp3) is 1.00. The Morgan fingerprint density at radius 3 is 2.17 bits per heavy atom. The molecule has 2 unspecified atom stereocenters. The van der Waals surface area contributed by atoms with Gasteiger partial charge in [-0.25, -0.2) is 0 Å². The molecule has 0 aromatic heterocycles. The second-order valence-electron chi connectivity index (χ2n) is 2.63. The molecule has 0 aromatic rings. The van der Waals surface area contributed by atoms with Crippen LogP contribution in [0.1, 0.15) is 0 Å². The molecule has 2 N–H and O–H groups in total. The Bertz CT molecular complexity index is 168. The standard InChI is InChI=1S/C6H9Cl3O3/c7-4-3(1-10)12-6(9,2-11)5(4)8/h3-5,10-11H,1-2H2/t3-,4+,5?,6?/m1/s1. The molecular formula is C6H9Cl3O3. The quantitative estimate of drug-likeness (QED) is 0.686. The summed E-state index contributed by atoms with van der Waals surface area (Å²) in [4.78, 5) is 0. The highest BCUT2D eigenvalue weighted by Crippen LogP contribution is 2.40. The number of rotatable bonds is 2. The minimum atomic E-state index is -1.36. The third-order valence-corrected chi connectivity index (χ3v) is 3.63. The Balaban J connectivity index is 2.72. The van der Waals surface area contributed by atoms with E-state index in [2.05, 4.69) is 0 Å². The highest BCUT2D eigenvalue weighted by molar-refractivity contribution is 6.37. The summed E-state index contributed by atoms with van der Waals surface area (Å²) in [5.74, 6) is 0. The summed E-state index contributed by atoms with van der Waals surface area (Å²) >= 11 is 17.3. The molecule has 12 heavy (non-hydrogen) atoms. The van der Waals surface area contributed by atoms with Crippen molar-refractivity contribution >= 4 is 34.8 Å². The van der Waals surface area contributed by atoms with Gasteiger partial charge >= 0.3 is 0 Å². The minimum absolute atomic E-state index is 0.258. The van der Waals surface area contributed by atoms with Crippen LogP contribution in [0, 0.1) is 0 Å². The van der Waals surface area contributed by atoms with Crippen molar-refractivity contribution in [1.82, 2.24) is 0 Å². The fourth-order valence-electron chi connectivity index (χ4n) is 1.07. The molecule has 1 fully saturated rings. The second kappa shape index (κ2) is 3.86. The predicted molar refractivity (Wildman–Crippen MR) is 46.9 cm³/mol. The summed E-state index contributed by atoms with van der Waals surface area (Å²) in [5.41, 5.74) is 0. The van der Waals surface area contributed by atoms with E-state index in [4.69, 9.17) is 49.8 Å². The van der Waals surface area contributed by atoms with Crippen LogP contribution < -0.4 is 0 Å². The zero-order chi connectivity index (χ0) is 9.35. The number of aliphatic hydroxyl groups is 2. The molecule has 1 aliphatic rings. The average Bonchev–Trinajstić information content (AvgIpc) is 2.31. The Morgan fingerprint density at radius 1 is 1.33 bits per heavy atom. The van der Waals surface area contributed by atoms with Crippen LogP contribution in [0.4, 0.5) is 0 Å². The molecule has 1 saturated heterocycles. The Kier molecular flexibility index (Phi) is 3.49. The van der Waals surface area contributed by atoms with E-state index >= 15 is 0 Å². The third kappa shape index (κ3) is 1.67. The van der Waals surface area contributed by atoms with E-state index < -0.39 is 28.5 Å². The number of aliphatic hydroxyl groups excluding tert-OH is 2. The average molecular weight is 235 g/mol. The van der Waals surface area contributed by atoms with Gasteiger partial charge in [-0.05, 0) is 0 Å². The normalized spacial score (nSPS) is 48.2. The van der Waals surface area contributed by atoms with E-state index in [0.29, 0.717) is 0 Å². The second-order valence-corrected chi connectivity index (χ2v) is 4.24. The lowest BCUT2D eigenvalue weighted by molar-refractivity contribution is -0.0352. The van der Waals surface area contributed by atoms with Crippen LogP contribution in [0.15, 0.2) is 0 Å². The van der Waals surface area contributed by atoms with Gasteiger partial charge in [-0.2, -0.15) is 0 Å². The molecule has 3 nitrogen and oxygen atoms in total. The van der Waals surface area contributed by atoms with Crippen molar-refractivity contribution in [2.45, 2.75) is 21.9 Å². The maximum Gasteiger partial charge on any atom is 0.182 e. The predicted octanol–water partition coefficient (Wildman–Crippen LogP) is 0.520. The largest absolute Gasteiger partial charge is 0.394 e. The number of halogens is 3. The SMILES string of the molecule is OC[C@H]1OC(Cl)(CO)C(Cl)[C@H]1Cl. The molecule has 1 rings (SSSR count). The van der Waals surface area contributed by atoms with Crippen molar-refractivity contribution in [2.24, 2.45) is 0 Å². The third-order valence-electron chi connectivity index (χ3n) is 1.79. The smallest absolute Gasteiger partial charge is 0.182 e. The first-order valence-corrected chi connectivity index (χ1v) is 4.67. The van der Waals surface area contributed by atoms with Crippen molar-refractivity contribution in [2.75, 3.05) is 13.2 Å². The van der Waals surface area contributed by atoms with Gasteiger partial charge in [0.25, 0.3) is 0 Å². The van der Waals surface area contributed by atoms with Gasteiger partial charge in [0.2, 0.25) is 0 Å². The molecule has 0 saturated carbocycles. The van der Waals surface area contributed by atoms with E-state index in [-0.39, 0.29) is 6.61 Å². The highest BCUT2D eigenvalue weighted by Gasteiger charge is 2.52. The number of hydrogen-bond donors (Lipinski definition) is 2. The maximum atomic E-state index is 8.85. The van der Waals surface area contributed by atoms with Crippen LogP contribution in [0.5, 0.6) is 0 Å². The monoisotopic (exact) mass is 234 g/mol. The summed E-state index contributed by atoms with van der Waals surface area (Å²) < 4.78 is 5.07. The van der Waals surface area contributed by atoms with Crippen LogP contribution in [-0.4, -0.2) is 45.3 Å². The Morgan fingerprint density at radius 2 is 1.92 bits per heavy atom. The van der Waals surface area contributed by atoms with Crippen LogP contribution in [0.3, 0.4) is 0 Å². The van der Waals surface area contributed by atoms with Gasteiger partial charge in [-0.15, -0.1) is 23.2 Å².